The van der Waals surface area contributed by atoms with Crippen LogP contribution in [-0.2, 0) is 65.4 Å². The zero-order valence-corrected chi connectivity index (χ0v) is 66.1. The first-order valence-electron chi connectivity index (χ1n) is 40.8. The molecule has 0 heterocycles. The van der Waals surface area contributed by atoms with Crippen LogP contribution in [0, 0.1) is 5.92 Å². The summed E-state index contributed by atoms with van der Waals surface area (Å²) < 4.78 is 68.6. The van der Waals surface area contributed by atoms with Crippen LogP contribution in [0.3, 0.4) is 0 Å². The lowest BCUT2D eigenvalue weighted by Crippen LogP contribution is -2.30. The summed E-state index contributed by atoms with van der Waals surface area (Å²) in [5, 5.41) is 10.6. The molecule has 0 aromatic heterocycles. The normalized spacial score (nSPS) is 14.4. The lowest BCUT2D eigenvalue weighted by atomic mass is 9.99. The second-order valence-electron chi connectivity index (χ2n) is 28.0. The number of carbonyl (C=O) groups is 4. The van der Waals surface area contributed by atoms with Gasteiger partial charge in [-0.25, -0.2) is 9.13 Å². The monoisotopic (exact) mass is 1460 g/mol. The molecule has 0 aromatic carbocycles. The summed E-state index contributed by atoms with van der Waals surface area (Å²) in [5.41, 5.74) is 0. The molecule has 3 unspecified atom stereocenters. The minimum Gasteiger partial charge on any atom is -0.462 e. The fraction of sp³-hybridized carbons (Fsp3) is 0.852. The van der Waals surface area contributed by atoms with Crippen LogP contribution in [0.15, 0.2) is 48.6 Å². The molecule has 0 aliphatic carbocycles. The van der Waals surface area contributed by atoms with Crippen LogP contribution in [0.4, 0.5) is 0 Å². The van der Waals surface area contributed by atoms with Crippen molar-refractivity contribution in [1.82, 2.24) is 0 Å². The van der Waals surface area contributed by atoms with Crippen LogP contribution in [0.25, 0.3) is 0 Å². The molecule has 19 heteroatoms. The van der Waals surface area contributed by atoms with Crippen LogP contribution in [0.5, 0.6) is 0 Å². The Hall–Kier alpha value is -2.98. The van der Waals surface area contributed by atoms with E-state index in [1.165, 1.54) is 173 Å². The van der Waals surface area contributed by atoms with Crippen LogP contribution < -0.4 is 0 Å². The van der Waals surface area contributed by atoms with Crippen molar-refractivity contribution in [3.05, 3.63) is 48.6 Å². The Labute approximate surface area is 610 Å². The molecule has 586 valence electrons. The van der Waals surface area contributed by atoms with Gasteiger partial charge in [0.05, 0.1) is 26.4 Å². The molecule has 0 amide bonds. The topological polar surface area (TPSA) is 237 Å². The number of hydrogen-bond donors (Lipinski definition) is 3. The molecule has 0 bridgehead atoms. The summed E-state index contributed by atoms with van der Waals surface area (Å²) in [4.78, 5) is 73.0. The van der Waals surface area contributed by atoms with Crippen LogP contribution in [0.1, 0.15) is 381 Å². The minimum atomic E-state index is -4.97. The number of aliphatic hydroxyl groups is 1. The second kappa shape index (κ2) is 72.9. The van der Waals surface area contributed by atoms with E-state index in [-0.39, 0.29) is 25.7 Å². The maximum absolute atomic E-state index is 13.1. The van der Waals surface area contributed by atoms with Gasteiger partial charge in [0, 0.05) is 25.7 Å². The maximum Gasteiger partial charge on any atom is 0.472 e. The Kier molecular flexibility index (Phi) is 70.8. The third-order valence-corrected chi connectivity index (χ3v) is 20.0. The van der Waals surface area contributed by atoms with E-state index in [9.17, 15) is 43.2 Å². The van der Waals surface area contributed by atoms with Crippen molar-refractivity contribution in [2.45, 2.75) is 400 Å². The molecule has 0 spiro atoms. The van der Waals surface area contributed by atoms with Crippen molar-refractivity contribution in [3.63, 3.8) is 0 Å². The standard InChI is InChI=1S/C81H150O17P2/c1-6-10-13-16-19-22-25-28-31-32-33-36-39-42-45-52-57-62-67-80(85)97-76(70-91-78(83)64-59-54-49-43-40-37-34-29-26-23-20-17-14-11-7-2)72-95-99(87,88)93-68-75(82)69-94-100(89,90)96-73-77(71-92-79(84)65-60-55-50-47-46-48-53-58-63-74(5)9-4)98-81(86)66-61-56-51-44-41-38-35-30-27-24-21-18-15-12-8-3/h23-24,26-27,29-30,34-35,74-77,82H,6-22,25,28,31-33,36-73H2,1-5H3,(H,87,88)(H,89,90)/b26-23-,27-24-,34-29-,35-30-/t74?,75-,76-,77-/m1/s1. The lowest BCUT2D eigenvalue weighted by molar-refractivity contribution is -0.161. The molecule has 17 nitrogen and oxygen atoms in total. The first-order chi connectivity index (χ1) is 48.6. The number of unbranched alkanes of at least 4 members (excludes halogenated alkanes) is 42. The Morgan fingerprint density at radius 3 is 0.850 bits per heavy atom. The quantitative estimate of drug-likeness (QED) is 0.0169. The van der Waals surface area contributed by atoms with Crippen molar-refractivity contribution in [2.24, 2.45) is 5.92 Å². The average molecular weight is 1460 g/mol. The third-order valence-electron chi connectivity index (χ3n) is 18.1. The Morgan fingerprint density at radius 2 is 0.560 bits per heavy atom. The predicted molar refractivity (Wildman–Crippen MR) is 409 cm³/mol. The van der Waals surface area contributed by atoms with E-state index in [0.29, 0.717) is 25.7 Å². The van der Waals surface area contributed by atoms with Gasteiger partial charge in [0.2, 0.25) is 0 Å². The minimum absolute atomic E-state index is 0.0825. The van der Waals surface area contributed by atoms with Gasteiger partial charge in [0.15, 0.2) is 12.2 Å². The number of carbonyl (C=O) groups excluding carboxylic acids is 4. The van der Waals surface area contributed by atoms with Crippen molar-refractivity contribution in [2.75, 3.05) is 39.6 Å². The van der Waals surface area contributed by atoms with Gasteiger partial charge in [-0.15, -0.1) is 0 Å². The summed E-state index contributed by atoms with van der Waals surface area (Å²) in [6, 6.07) is 0. The zero-order chi connectivity index (χ0) is 73.4. The maximum atomic E-state index is 13.1. The summed E-state index contributed by atoms with van der Waals surface area (Å²) in [6.07, 6.45) is 69.5. The van der Waals surface area contributed by atoms with Gasteiger partial charge in [-0.1, -0.05) is 327 Å². The fourth-order valence-electron chi connectivity index (χ4n) is 11.5. The number of phosphoric acid groups is 2. The molecule has 3 N–H and O–H groups in total. The van der Waals surface area contributed by atoms with Crippen molar-refractivity contribution >= 4 is 39.5 Å². The highest BCUT2D eigenvalue weighted by Crippen LogP contribution is 2.45. The number of ether oxygens (including phenoxy) is 4. The smallest absolute Gasteiger partial charge is 0.462 e. The highest BCUT2D eigenvalue weighted by Gasteiger charge is 2.30. The Bertz CT molecular complexity index is 2100. The Morgan fingerprint density at radius 1 is 0.320 bits per heavy atom. The highest BCUT2D eigenvalue weighted by atomic mass is 31.2. The summed E-state index contributed by atoms with van der Waals surface area (Å²) in [6.45, 7) is 7.19. The highest BCUT2D eigenvalue weighted by molar-refractivity contribution is 7.47. The summed E-state index contributed by atoms with van der Waals surface area (Å²) >= 11 is 0. The van der Waals surface area contributed by atoms with E-state index in [0.717, 1.165) is 128 Å². The van der Waals surface area contributed by atoms with E-state index in [1.807, 2.05) is 0 Å². The zero-order valence-electron chi connectivity index (χ0n) is 64.3. The van der Waals surface area contributed by atoms with Crippen molar-refractivity contribution in [1.29, 1.82) is 0 Å². The van der Waals surface area contributed by atoms with Crippen LogP contribution in [0.2, 0.25) is 0 Å². The van der Waals surface area contributed by atoms with E-state index >= 15 is 0 Å². The second-order valence-corrected chi connectivity index (χ2v) is 30.9. The van der Waals surface area contributed by atoms with Gasteiger partial charge >= 0.3 is 39.5 Å². The molecule has 6 atom stereocenters. The molecule has 0 aliphatic heterocycles. The molecule has 0 saturated heterocycles. The molecule has 0 aliphatic rings. The molecule has 0 fully saturated rings. The summed E-state index contributed by atoms with van der Waals surface area (Å²) in [7, 11) is -9.94. The van der Waals surface area contributed by atoms with Gasteiger partial charge in [0.1, 0.15) is 19.3 Å². The van der Waals surface area contributed by atoms with E-state index < -0.39 is 97.5 Å². The molecule has 0 rings (SSSR count). The van der Waals surface area contributed by atoms with Gasteiger partial charge in [0.25, 0.3) is 0 Å². The SMILES string of the molecule is CCCCCC/C=C\C=C/CCCCCCCC(=O)OC[C@H](COP(=O)(O)OC[C@@H](O)COP(=O)(O)OC[C@@H](COC(=O)CCCCCCCCCCC(C)CC)OC(=O)CCCCCCC/C=C\C=C/CCCCCC)OC(=O)CCCCCCCCCCCCCCCCCCCC. The number of phosphoric ester groups is 2. The fourth-order valence-corrected chi connectivity index (χ4v) is 13.1. The predicted octanol–water partition coefficient (Wildman–Crippen LogP) is 23.5. The molecular weight excluding hydrogens is 1310 g/mol. The lowest BCUT2D eigenvalue weighted by Gasteiger charge is -2.21. The molecular formula is C81H150O17P2. The van der Waals surface area contributed by atoms with E-state index in [4.69, 9.17) is 37.0 Å². The van der Waals surface area contributed by atoms with Gasteiger partial charge in [-0.3, -0.25) is 37.3 Å². The van der Waals surface area contributed by atoms with E-state index in [2.05, 4.69) is 83.2 Å². The number of aliphatic hydroxyl groups excluding tert-OH is 1. The van der Waals surface area contributed by atoms with Crippen molar-refractivity contribution in [3.8, 4) is 0 Å². The Balaban J connectivity index is 5.33. The number of rotatable bonds is 77. The molecule has 0 aromatic rings. The number of allylic oxidation sites excluding steroid dienone is 8. The molecule has 0 saturated carbocycles. The number of hydrogen-bond acceptors (Lipinski definition) is 15. The first-order valence-corrected chi connectivity index (χ1v) is 43.8. The van der Waals surface area contributed by atoms with Crippen LogP contribution >= 0.6 is 15.6 Å². The van der Waals surface area contributed by atoms with E-state index in [1.54, 1.807) is 0 Å². The van der Waals surface area contributed by atoms with Crippen molar-refractivity contribution < 1.29 is 80.2 Å². The van der Waals surface area contributed by atoms with Gasteiger partial charge < -0.3 is 33.8 Å². The largest absolute Gasteiger partial charge is 0.472 e. The van der Waals surface area contributed by atoms with Gasteiger partial charge in [-0.05, 0) is 83.0 Å². The number of esters is 4. The van der Waals surface area contributed by atoms with Gasteiger partial charge in [-0.2, -0.15) is 0 Å². The third kappa shape index (κ3) is 72.0. The van der Waals surface area contributed by atoms with Crippen LogP contribution in [-0.4, -0.2) is 96.7 Å². The summed E-state index contributed by atoms with van der Waals surface area (Å²) in [5.74, 6) is -1.40. The average Bonchev–Trinajstić information content (AvgIpc) is 0.950. The molecule has 0 radical (unpaired) electrons. The molecule has 100 heavy (non-hydrogen) atoms. The first kappa shape index (κ1) is 97.0.